The Morgan fingerprint density at radius 2 is 1.58 bits per heavy atom. The standard InChI is InChI=1S/C14H20BClO3/c1-8-7-10(9(2)11(16)12(8)17)15-18-13(3,4)14(5,6)19-15/h7,17H,1-6H3. The molecule has 1 N–H and O–H groups in total. The van der Waals surface area contributed by atoms with Gasteiger partial charge < -0.3 is 14.4 Å². The summed E-state index contributed by atoms with van der Waals surface area (Å²) in [5.74, 6) is 0.124. The summed E-state index contributed by atoms with van der Waals surface area (Å²) in [6, 6.07) is 1.87. The molecule has 0 aromatic heterocycles. The first kappa shape index (κ1) is 14.7. The lowest BCUT2D eigenvalue weighted by Crippen LogP contribution is -2.41. The van der Waals surface area contributed by atoms with E-state index in [1.807, 2.05) is 47.6 Å². The molecule has 1 fully saturated rings. The van der Waals surface area contributed by atoms with Gasteiger partial charge in [0.2, 0.25) is 0 Å². The monoisotopic (exact) mass is 282 g/mol. The Hall–Kier alpha value is -0.705. The molecule has 104 valence electrons. The number of benzene rings is 1. The van der Waals surface area contributed by atoms with Gasteiger partial charge >= 0.3 is 7.12 Å². The molecule has 0 unspecified atom stereocenters. The normalized spacial score (nSPS) is 20.9. The summed E-state index contributed by atoms with van der Waals surface area (Å²) >= 11 is 6.15. The smallest absolute Gasteiger partial charge is 0.495 e. The zero-order valence-electron chi connectivity index (χ0n) is 12.3. The van der Waals surface area contributed by atoms with E-state index in [9.17, 15) is 5.11 Å². The summed E-state index contributed by atoms with van der Waals surface area (Å²) in [7, 11) is -0.457. The molecule has 19 heavy (non-hydrogen) atoms. The van der Waals surface area contributed by atoms with Gasteiger partial charge in [0, 0.05) is 0 Å². The molecule has 1 heterocycles. The number of aromatic hydroxyl groups is 1. The lowest BCUT2D eigenvalue weighted by molar-refractivity contribution is 0.00578. The molecule has 1 aromatic rings. The van der Waals surface area contributed by atoms with Crippen molar-refractivity contribution in [2.24, 2.45) is 0 Å². The van der Waals surface area contributed by atoms with E-state index in [0.29, 0.717) is 5.02 Å². The maximum atomic E-state index is 9.85. The maximum Gasteiger partial charge on any atom is 0.495 e. The summed E-state index contributed by atoms with van der Waals surface area (Å²) in [6.07, 6.45) is 0. The van der Waals surface area contributed by atoms with Crippen LogP contribution in [0.1, 0.15) is 38.8 Å². The van der Waals surface area contributed by atoms with E-state index in [-0.39, 0.29) is 17.0 Å². The summed E-state index contributed by atoms with van der Waals surface area (Å²) in [5, 5.41) is 10.2. The molecule has 2 rings (SSSR count). The van der Waals surface area contributed by atoms with Crippen LogP contribution in [0.4, 0.5) is 0 Å². The molecule has 0 bridgehead atoms. The van der Waals surface area contributed by atoms with Crippen molar-refractivity contribution in [1.29, 1.82) is 0 Å². The van der Waals surface area contributed by atoms with Crippen LogP contribution in [-0.2, 0) is 9.31 Å². The Balaban J connectivity index is 2.46. The fourth-order valence-electron chi connectivity index (χ4n) is 2.10. The third-order valence-corrected chi connectivity index (χ3v) is 4.69. The van der Waals surface area contributed by atoms with Gasteiger partial charge in [-0.25, -0.2) is 0 Å². The minimum absolute atomic E-state index is 0.124. The fraction of sp³-hybridized carbons (Fsp3) is 0.571. The Morgan fingerprint density at radius 3 is 2.05 bits per heavy atom. The number of phenolic OH excluding ortho intramolecular Hbond substituents is 1. The SMILES string of the molecule is Cc1cc(B2OC(C)(C)C(C)(C)O2)c(C)c(Cl)c1O. The summed E-state index contributed by atoms with van der Waals surface area (Å²) in [6.45, 7) is 11.7. The molecular weight excluding hydrogens is 262 g/mol. The second-order valence-electron chi connectivity index (χ2n) is 6.16. The highest BCUT2D eigenvalue weighted by atomic mass is 35.5. The van der Waals surface area contributed by atoms with Crippen molar-refractivity contribution in [2.45, 2.75) is 52.7 Å². The van der Waals surface area contributed by atoms with Crippen LogP contribution in [-0.4, -0.2) is 23.4 Å². The molecule has 0 spiro atoms. The van der Waals surface area contributed by atoms with Crippen molar-refractivity contribution in [3.05, 3.63) is 22.2 Å². The van der Waals surface area contributed by atoms with E-state index in [2.05, 4.69) is 0 Å². The van der Waals surface area contributed by atoms with Crippen LogP contribution in [0.2, 0.25) is 5.02 Å². The highest BCUT2D eigenvalue weighted by Crippen LogP contribution is 2.38. The van der Waals surface area contributed by atoms with E-state index in [1.54, 1.807) is 0 Å². The van der Waals surface area contributed by atoms with Crippen molar-refractivity contribution >= 4 is 24.2 Å². The topological polar surface area (TPSA) is 38.7 Å². The Labute approximate surface area is 120 Å². The lowest BCUT2D eigenvalue weighted by Gasteiger charge is -2.32. The number of hydrogen-bond donors (Lipinski definition) is 1. The zero-order valence-corrected chi connectivity index (χ0v) is 13.1. The van der Waals surface area contributed by atoms with Gasteiger partial charge in [-0.3, -0.25) is 0 Å². The molecule has 0 atom stereocenters. The largest absolute Gasteiger partial charge is 0.506 e. The average molecular weight is 283 g/mol. The van der Waals surface area contributed by atoms with Crippen LogP contribution in [0.15, 0.2) is 6.07 Å². The van der Waals surface area contributed by atoms with E-state index >= 15 is 0 Å². The molecule has 3 nitrogen and oxygen atoms in total. The Bertz CT molecular complexity index is 510. The van der Waals surface area contributed by atoms with Crippen LogP contribution >= 0.6 is 11.6 Å². The minimum Gasteiger partial charge on any atom is -0.506 e. The van der Waals surface area contributed by atoms with Gasteiger partial charge in [0.1, 0.15) is 5.75 Å². The third-order valence-electron chi connectivity index (χ3n) is 4.22. The number of aryl methyl sites for hydroxylation is 1. The quantitative estimate of drug-likeness (QED) is 0.805. The van der Waals surface area contributed by atoms with Gasteiger partial charge in [0.15, 0.2) is 0 Å². The van der Waals surface area contributed by atoms with Gasteiger partial charge in [-0.15, -0.1) is 0 Å². The van der Waals surface area contributed by atoms with Crippen molar-refractivity contribution in [3.63, 3.8) is 0 Å². The van der Waals surface area contributed by atoms with Crippen LogP contribution < -0.4 is 5.46 Å². The van der Waals surface area contributed by atoms with Gasteiger partial charge in [0.25, 0.3) is 0 Å². The predicted octanol–water partition coefficient (Wildman–Crippen LogP) is 2.96. The minimum atomic E-state index is -0.457. The summed E-state index contributed by atoms with van der Waals surface area (Å²) in [5.41, 5.74) is 1.62. The number of phenols is 1. The van der Waals surface area contributed by atoms with E-state index in [4.69, 9.17) is 20.9 Å². The first-order chi connectivity index (χ1) is 8.57. The molecule has 1 saturated heterocycles. The van der Waals surface area contributed by atoms with Crippen LogP contribution in [0.25, 0.3) is 0 Å². The van der Waals surface area contributed by atoms with Crippen molar-refractivity contribution in [1.82, 2.24) is 0 Å². The molecule has 0 radical (unpaired) electrons. The number of rotatable bonds is 1. The Morgan fingerprint density at radius 1 is 1.11 bits per heavy atom. The number of hydrogen-bond acceptors (Lipinski definition) is 3. The molecular formula is C14H20BClO3. The first-order valence-electron chi connectivity index (χ1n) is 6.41. The molecule has 5 heteroatoms. The average Bonchev–Trinajstić information content (AvgIpc) is 2.50. The summed E-state index contributed by atoms with van der Waals surface area (Å²) < 4.78 is 12.0. The Kier molecular flexibility index (Phi) is 3.41. The summed E-state index contributed by atoms with van der Waals surface area (Å²) in [4.78, 5) is 0. The molecule has 1 aliphatic rings. The van der Waals surface area contributed by atoms with Crippen LogP contribution in [0.3, 0.4) is 0 Å². The molecule has 0 aliphatic carbocycles. The van der Waals surface area contributed by atoms with Crippen molar-refractivity contribution < 1.29 is 14.4 Å². The van der Waals surface area contributed by atoms with Crippen LogP contribution in [0, 0.1) is 13.8 Å². The van der Waals surface area contributed by atoms with Crippen molar-refractivity contribution in [2.75, 3.05) is 0 Å². The first-order valence-corrected chi connectivity index (χ1v) is 6.79. The van der Waals surface area contributed by atoms with Crippen LogP contribution in [0.5, 0.6) is 5.75 Å². The van der Waals surface area contributed by atoms with E-state index < -0.39 is 7.12 Å². The van der Waals surface area contributed by atoms with Gasteiger partial charge in [-0.2, -0.15) is 0 Å². The lowest BCUT2D eigenvalue weighted by atomic mass is 9.75. The second kappa shape index (κ2) is 4.40. The fourth-order valence-corrected chi connectivity index (χ4v) is 2.36. The van der Waals surface area contributed by atoms with E-state index in [0.717, 1.165) is 16.6 Å². The van der Waals surface area contributed by atoms with Gasteiger partial charge in [-0.1, -0.05) is 17.7 Å². The van der Waals surface area contributed by atoms with E-state index in [1.165, 1.54) is 0 Å². The molecule has 0 amide bonds. The van der Waals surface area contributed by atoms with Crippen molar-refractivity contribution in [3.8, 4) is 5.75 Å². The second-order valence-corrected chi connectivity index (χ2v) is 6.54. The number of halogens is 1. The zero-order chi connectivity index (χ0) is 14.6. The maximum absolute atomic E-state index is 9.85. The van der Waals surface area contributed by atoms with Gasteiger partial charge in [-0.05, 0) is 58.1 Å². The highest BCUT2D eigenvalue weighted by molar-refractivity contribution is 6.63. The van der Waals surface area contributed by atoms with Gasteiger partial charge in [0.05, 0.1) is 16.2 Å². The predicted molar refractivity (Wildman–Crippen MR) is 78.3 cm³/mol. The molecule has 1 aromatic carbocycles. The molecule has 0 saturated carbocycles. The highest BCUT2D eigenvalue weighted by Gasteiger charge is 2.52. The third kappa shape index (κ3) is 2.26. The molecule has 1 aliphatic heterocycles.